The Labute approximate surface area is 177 Å². The Balaban J connectivity index is 2.04. The molecule has 3 heterocycles. The molecule has 0 amide bonds. The highest BCUT2D eigenvalue weighted by molar-refractivity contribution is 6.02. The molecule has 0 radical (unpaired) electrons. The van der Waals surface area contributed by atoms with E-state index >= 15 is 0 Å². The summed E-state index contributed by atoms with van der Waals surface area (Å²) in [6.45, 7) is 3.76. The molecule has 158 valence electrons. The first-order valence-corrected chi connectivity index (χ1v) is 9.70. The molecule has 0 fully saturated rings. The fourth-order valence-electron chi connectivity index (χ4n) is 3.51. The normalized spacial score (nSPS) is 11.1. The lowest BCUT2D eigenvalue weighted by molar-refractivity contribution is 0.0602. The fraction of sp³-hybridized carbons (Fsp3) is 0.217. The number of carbonyl (C=O) groups is 1. The number of methoxy groups -OCH3 is 1. The maximum absolute atomic E-state index is 13.4. The number of rotatable bonds is 5. The summed E-state index contributed by atoms with van der Waals surface area (Å²) in [5, 5.41) is 0.0377. The summed E-state index contributed by atoms with van der Waals surface area (Å²) in [5.74, 6) is -0.149. The highest BCUT2D eigenvalue weighted by Crippen LogP contribution is 2.17. The van der Waals surface area contributed by atoms with Crippen LogP contribution in [0.3, 0.4) is 0 Å². The van der Waals surface area contributed by atoms with E-state index in [-0.39, 0.29) is 29.7 Å². The number of aromatic nitrogens is 3. The van der Waals surface area contributed by atoms with Crippen molar-refractivity contribution in [3.05, 3.63) is 97.7 Å². The molecule has 0 bridgehead atoms. The third kappa shape index (κ3) is 3.79. The van der Waals surface area contributed by atoms with Crippen molar-refractivity contribution in [2.24, 2.45) is 0 Å². The zero-order valence-electron chi connectivity index (χ0n) is 17.4. The van der Waals surface area contributed by atoms with Gasteiger partial charge in [-0.1, -0.05) is 29.8 Å². The summed E-state index contributed by atoms with van der Waals surface area (Å²) < 4.78 is 12.7. The molecule has 8 heteroatoms. The Morgan fingerprint density at radius 1 is 1.06 bits per heavy atom. The van der Waals surface area contributed by atoms with E-state index in [0.29, 0.717) is 11.5 Å². The number of carbonyl (C=O) groups excluding carboxylic acids is 1. The van der Waals surface area contributed by atoms with Gasteiger partial charge in [0, 0.05) is 5.69 Å². The van der Waals surface area contributed by atoms with Gasteiger partial charge >= 0.3 is 11.7 Å². The summed E-state index contributed by atoms with van der Waals surface area (Å²) >= 11 is 0. The maximum Gasteiger partial charge on any atom is 0.338 e. The van der Waals surface area contributed by atoms with Crippen LogP contribution in [-0.4, -0.2) is 27.2 Å². The highest BCUT2D eigenvalue weighted by atomic mass is 16.5. The first-order valence-electron chi connectivity index (χ1n) is 9.70. The number of furan rings is 1. The van der Waals surface area contributed by atoms with Crippen LogP contribution in [-0.2, 0) is 17.8 Å². The van der Waals surface area contributed by atoms with Crippen LogP contribution in [0, 0.1) is 13.8 Å². The molecule has 0 aliphatic heterocycles. The molecule has 0 saturated heterocycles. The predicted molar refractivity (Wildman–Crippen MR) is 114 cm³/mol. The minimum Gasteiger partial charge on any atom is -0.467 e. The van der Waals surface area contributed by atoms with Crippen LogP contribution in [0.15, 0.2) is 62.7 Å². The molecule has 4 aromatic rings. The zero-order chi connectivity index (χ0) is 22.1. The van der Waals surface area contributed by atoms with Gasteiger partial charge in [-0.2, -0.15) is 0 Å². The maximum atomic E-state index is 13.4. The van der Waals surface area contributed by atoms with Crippen molar-refractivity contribution in [1.29, 1.82) is 0 Å². The van der Waals surface area contributed by atoms with E-state index < -0.39 is 17.2 Å². The predicted octanol–water partition coefficient (Wildman–Crippen LogP) is 2.65. The molecule has 1 aromatic carbocycles. The lowest BCUT2D eigenvalue weighted by Gasteiger charge is -2.15. The summed E-state index contributed by atoms with van der Waals surface area (Å²) in [7, 11) is 1.24. The third-order valence-corrected chi connectivity index (χ3v) is 5.07. The van der Waals surface area contributed by atoms with Gasteiger partial charge in [-0.3, -0.25) is 13.9 Å². The summed E-state index contributed by atoms with van der Waals surface area (Å²) in [5.41, 5.74) is 1.39. The van der Waals surface area contributed by atoms with Gasteiger partial charge in [0.2, 0.25) is 0 Å². The van der Waals surface area contributed by atoms with Crippen LogP contribution in [0.5, 0.6) is 0 Å². The summed E-state index contributed by atoms with van der Waals surface area (Å²) in [6, 6.07) is 12.5. The summed E-state index contributed by atoms with van der Waals surface area (Å²) in [4.78, 5) is 43.7. The largest absolute Gasteiger partial charge is 0.467 e. The quantitative estimate of drug-likeness (QED) is 0.462. The third-order valence-electron chi connectivity index (χ3n) is 5.07. The number of ether oxygens (including phenoxy) is 1. The molecule has 8 nitrogen and oxygen atoms in total. The van der Waals surface area contributed by atoms with Crippen molar-refractivity contribution in [3.8, 4) is 0 Å². The van der Waals surface area contributed by atoms with Gasteiger partial charge < -0.3 is 9.15 Å². The lowest BCUT2D eigenvalue weighted by Crippen LogP contribution is -2.41. The van der Waals surface area contributed by atoms with Crippen molar-refractivity contribution >= 4 is 17.0 Å². The lowest BCUT2D eigenvalue weighted by atomic mass is 10.1. The van der Waals surface area contributed by atoms with E-state index in [1.165, 1.54) is 24.0 Å². The van der Waals surface area contributed by atoms with Crippen LogP contribution >= 0.6 is 0 Å². The first-order chi connectivity index (χ1) is 14.9. The highest BCUT2D eigenvalue weighted by Gasteiger charge is 2.22. The monoisotopic (exact) mass is 419 g/mol. The first kappa shape index (κ1) is 20.3. The molecule has 0 N–H and O–H groups in total. The van der Waals surface area contributed by atoms with E-state index in [0.717, 1.165) is 15.7 Å². The second-order valence-electron chi connectivity index (χ2n) is 7.33. The van der Waals surface area contributed by atoms with Crippen molar-refractivity contribution < 1.29 is 13.9 Å². The number of hydrogen-bond donors (Lipinski definition) is 0. The summed E-state index contributed by atoms with van der Waals surface area (Å²) in [6.07, 6.45) is 1.50. The molecule has 0 spiro atoms. The van der Waals surface area contributed by atoms with Crippen LogP contribution in [0.25, 0.3) is 11.0 Å². The van der Waals surface area contributed by atoms with E-state index in [1.54, 1.807) is 19.1 Å². The minimum atomic E-state index is -0.669. The van der Waals surface area contributed by atoms with Crippen LogP contribution in [0.4, 0.5) is 0 Å². The fourth-order valence-corrected chi connectivity index (χ4v) is 3.51. The Kier molecular flexibility index (Phi) is 5.29. The topological polar surface area (TPSA) is 96.3 Å². The SMILES string of the molecule is COC(=O)c1cc(C)nc2c1c(=O)n(Cc1ccc(C)cc1)c(=O)n2Cc1ccco1. The Hall–Kier alpha value is -3.94. The van der Waals surface area contributed by atoms with E-state index in [1.807, 2.05) is 31.2 Å². The van der Waals surface area contributed by atoms with Crippen LogP contribution < -0.4 is 11.2 Å². The number of esters is 1. The second-order valence-corrected chi connectivity index (χ2v) is 7.33. The molecule has 0 atom stereocenters. The average molecular weight is 419 g/mol. The molecule has 4 rings (SSSR count). The zero-order valence-corrected chi connectivity index (χ0v) is 17.4. The molecule has 31 heavy (non-hydrogen) atoms. The molecule has 0 saturated carbocycles. The smallest absolute Gasteiger partial charge is 0.338 e. The van der Waals surface area contributed by atoms with E-state index in [9.17, 15) is 14.4 Å². The van der Waals surface area contributed by atoms with Gasteiger partial charge in [-0.05, 0) is 37.6 Å². The van der Waals surface area contributed by atoms with Crippen LogP contribution in [0.2, 0.25) is 0 Å². The van der Waals surface area contributed by atoms with Crippen LogP contribution in [0.1, 0.15) is 32.9 Å². The van der Waals surface area contributed by atoms with Gasteiger partial charge in [0.1, 0.15) is 5.76 Å². The number of benzene rings is 1. The number of nitrogens with zero attached hydrogens (tertiary/aromatic N) is 3. The second kappa shape index (κ2) is 8.06. The van der Waals surface area contributed by atoms with Crippen molar-refractivity contribution in [2.75, 3.05) is 7.11 Å². The van der Waals surface area contributed by atoms with Crippen molar-refractivity contribution in [3.63, 3.8) is 0 Å². The van der Waals surface area contributed by atoms with Gasteiger partial charge in [0.15, 0.2) is 5.65 Å². The molecule has 0 aliphatic carbocycles. The van der Waals surface area contributed by atoms with Gasteiger partial charge in [0.05, 0.1) is 37.4 Å². The number of hydrogen-bond acceptors (Lipinski definition) is 6. The molecular weight excluding hydrogens is 398 g/mol. The molecule has 0 aliphatic rings. The molecule has 3 aromatic heterocycles. The molecule has 0 unspecified atom stereocenters. The minimum absolute atomic E-state index is 0.0377. The van der Waals surface area contributed by atoms with E-state index in [2.05, 4.69) is 4.98 Å². The van der Waals surface area contributed by atoms with Crippen molar-refractivity contribution in [2.45, 2.75) is 26.9 Å². The van der Waals surface area contributed by atoms with E-state index in [4.69, 9.17) is 9.15 Å². The Bertz CT molecular complexity index is 1380. The standard InChI is InChI=1S/C23H21N3O5/c1-14-6-8-16(9-7-14)12-26-21(27)19-18(22(28)30-3)11-15(2)24-20(19)25(23(26)29)13-17-5-4-10-31-17/h4-11H,12-13H2,1-3H3. The Morgan fingerprint density at radius 2 is 1.81 bits per heavy atom. The number of fused-ring (bicyclic) bond motifs is 1. The van der Waals surface area contributed by atoms with Crippen molar-refractivity contribution in [1.82, 2.24) is 14.1 Å². The van der Waals surface area contributed by atoms with Gasteiger partial charge in [-0.15, -0.1) is 0 Å². The molecular formula is C23H21N3O5. The van der Waals surface area contributed by atoms with Gasteiger partial charge in [0.25, 0.3) is 5.56 Å². The number of pyridine rings is 1. The average Bonchev–Trinajstić information content (AvgIpc) is 3.27. The Morgan fingerprint density at radius 3 is 2.45 bits per heavy atom. The van der Waals surface area contributed by atoms with Gasteiger partial charge in [-0.25, -0.2) is 14.6 Å². The number of aryl methyl sites for hydroxylation is 2.